The van der Waals surface area contributed by atoms with Crippen molar-refractivity contribution >= 4 is 39.1 Å². The highest BCUT2D eigenvalue weighted by atomic mass is 79.9. The molecule has 0 aliphatic carbocycles. The Balaban J connectivity index is 1.91. The van der Waals surface area contributed by atoms with Crippen LogP contribution in [0.3, 0.4) is 0 Å². The fraction of sp³-hybridized carbons (Fsp3) is 0.0833. The Kier molecular flexibility index (Phi) is 5.75. The molecule has 0 radical (unpaired) electrons. The van der Waals surface area contributed by atoms with E-state index in [-0.39, 0.29) is 11.3 Å². The highest BCUT2D eigenvalue weighted by Crippen LogP contribution is 2.42. The van der Waals surface area contributed by atoms with Gasteiger partial charge in [-0.2, -0.15) is 5.26 Å². The van der Waals surface area contributed by atoms with Crippen molar-refractivity contribution in [3.8, 4) is 11.8 Å². The Labute approximate surface area is 192 Å². The summed E-state index contributed by atoms with van der Waals surface area (Å²) in [7, 11) is 1.52. The predicted octanol–water partition coefficient (Wildman–Crippen LogP) is 4.35. The van der Waals surface area contributed by atoms with Gasteiger partial charge in [-0.1, -0.05) is 6.07 Å². The lowest BCUT2D eigenvalue weighted by molar-refractivity contribution is -0.132. The number of nitriles is 1. The number of aliphatic hydroxyl groups excluding tert-OH is 1. The Morgan fingerprint density at radius 1 is 1.16 bits per heavy atom. The standard InChI is InChI=1S/C24H16BrN3O4/c1-32-19-10-7-15(12-17(19)25)22(29)20-21(18-4-2-3-11-27-18)28(24(31)23(20)30)16-8-5-14(13-26)6-9-16/h2-12,21,29H,1H3/b22-20-. The van der Waals surface area contributed by atoms with E-state index in [2.05, 4.69) is 20.9 Å². The van der Waals surface area contributed by atoms with Gasteiger partial charge < -0.3 is 9.84 Å². The minimum Gasteiger partial charge on any atom is -0.507 e. The maximum absolute atomic E-state index is 13.1. The lowest BCUT2D eigenvalue weighted by atomic mass is 9.98. The van der Waals surface area contributed by atoms with Crippen molar-refractivity contribution < 1.29 is 19.4 Å². The number of carbonyl (C=O) groups is 2. The maximum atomic E-state index is 13.1. The molecule has 2 aromatic carbocycles. The van der Waals surface area contributed by atoms with E-state index in [1.165, 1.54) is 12.0 Å². The van der Waals surface area contributed by atoms with Crippen LogP contribution in [-0.2, 0) is 9.59 Å². The monoisotopic (exact) mass is 489 g/mol. The molecule has 4 rings (SSSR count). The number of carbonyl (C=O) groups excluding carboxylic acids is 2. The van der Waals surface area contributed by atoms with Gasteiger partial charge in [0.2, 0.25) is 0 Å². The average molecular weight is 490 g/mol. The molecule has 3 aromatic rings. The number of methoxy groups -OCH3 is 1. The van der Waals surface area contributed by atoms with Crippen LogP contribution in [0.1, 0.15) is 22.9 Å². The lowest BCUT2D eigenvalue weighted by Crippen LogP contribution is -2.29. The van der Waals surface area contributed by atoms with E-state index in [1.54, 1.807) is 66.9 Å². The summed E-state index contributed by atoms with van der Waals surface area (Å²) in [6, 6.07) is 17.4. The van der Waals surface area contributed by atoms with Gasteiger partial charge in [0.1, 0.15) is 17.6 Å². The number of halogens is 1. The fourth-order valence-corrected chi connectivity index (χ4v) is 4.12. The number of ether oxygens (including phenoxy) is 1. The van der Waals surface area contributed by atoms with Crippen LogP contribution >= 0.6 is 15.9 Å². The number of pyridine rings is 1. The fourth-order valence-electron chi connectivity index (χ4n) is 3.58. The Hall–Kier alpha value is -3.96. The zero-order valence-corrected chi connectivity index (χ0v) is 18.4. The summed E-state index contributed by atoms with van der Waals surface area (Å²) < 4.78 is 5.80. The summed E-state index contributed by atoms with van der Waals surface area (Å²) in [6.07, 6.45) is 1.55. The number of Topliss-reactive ketones (excluding diaryl/α,β-unsaturated/α-hetero) is 1. The van der Waals surface area contributed by atoms with E-state index in [0.717, 1.165) is 0 Å². The van der Waals surface area contributed by atoms with Gasteiger partial charge in [-0.05, 0) is 70.5 Å². The second-order valence-corrected chi connectivity index (χ2v) is 7.79. The van der Waals surface area contributed by atoms with Crippen LogP contribution in [0.5, 0.6) is 5.75 Å². The summed E-state index contributed by atoms with van der Waals surface area (Å²) in [4.78, 5) is 31.8. The summed E-state index contributed by atoms with van der Waals surface area (Å²) in [5, 5.41) is 20.2. The maximum Gasteiger partial charge on any atom is 0.300 e. The third-order valence-corrected chi connectivity index (χ3v) is 5.73. The first kappa shape index (κ1) is 21.3. The molecule has 0 spiro atoms. The third kappa shape index (κ3) is 3.63. The van der Waals surface area contributed by atoms with Crippen LogP contribution in [0.4, 0.5) is 5.69 Å². The van der Waals surface area contributed by atoms with Gasteiger partial charge >= 0.3 is 0 Å². The molecule has 1 fully saturated rings. The molecule has 8 heteroatoms. The molecule has 1 amide bonds. The van der Waals surface area contributed by atoms with E-state index >= 15 is 0 Å². The minimum atomic E-state index is -0.940. The molecule has 1 aromatic heterocycles. The van der Waals surface area contributed by atoms with Gasteiger partial charge in [0.25, 0.3) is 11.7 Å². The molecule has 0 saturated carbocycles. The molecule has 1 aliphatic heterocycles. The Morgan fingerprint density at radius 3 is 2.50 bits per heavy atom. The van der Waals surface area contributed by atoms with E-state index in [4.69, 9.17) is 10.00 Å². The highest BCUT2D eigenvalue weighted by Gasteiger charge is 2.47. The molecule has 1 atom stereocenters. The normalized spacial score (nSPS) is 17.3. The van der Waals surface area contributed by atoms with Crippen LogP contribution < -0.4 is 9.64 Å². The van der Waals surface area contributed by atoms with E-state index in [0.29, 0.717) is 32.7 Å². The summed E-state index contributed by atoms with van der Waals surface area (Å²) in [5.74, 6) is -1.38. The van der Waals surface area contributed by atoms with Crippen molar-refractivity contribution in [1.82, 2.24) is 4.98 Å². The largest absolute Gasteiger partial charge is 0.507 e. The predicted molar refractivity (Wildman–Crippen MR) is 121 cm³/mol. The van der Waals surface area contributed by atoms with Crippen molar-refractivity contribution in [3.63, 3.8) is 0 Å². The summed E-state index contributed by atoms with van der Waals surface area (Å²) in [6.45, 7) is 0. The smallest absolute Gasteiger partial charge is 0.300 e. The molecule has 1 saturated heterocycles. The number of ketones is 1. The first-order valence-electron chi connectivity index (χ1n) is 9.52. The molecule has 1 N–H and O–H groups in total. The number of amides is 1. The second-order valence-electron chi connectivity index (χ2n) is 6.93. The molecule has 1 aliphatic rings. The first-order valence-corrected chi connectivity index (χ1v) is 10.3. The van der Waals surface area contributed by atoms with Crippen LogP contribution in [-0.4, -0.2) is 28.9 Å². The van der Waals surface area contributed by atoms with Crippen LogP contribution in [0.15, 0.2) is 76.9 Å². The first-order chi connectivity index (χ1) is 15.5. The van der Waals surface area contributed by atoms with Crippen molar-refractivity contribution in [2.45, 2.75) is 6.04 Å². The van der Waals surface area contributed by atoms with E-state index < -0.39 is 17.7 Å². The van der Waals surface area contributed by atoms with Crippen LogP contribution in [0.25, 0.3) is 5.76 Å². The number of benzene rings is 2. The quantitative estimate of drug-likeness (QED) is 0.331. The van der Waals surface area contributed by atoms with Gasteiger partial charge in [-0.3, -0.25) is 19.5 Å². The van der Waals surface area contributed by atoms with Crippen LogP contribution in [0, 0.1) is 11.3 Å². The van der Waals surface area contributed by atoms with Gasteiger partial charge in [0.05, 0.1) is 34.5 Å². The van der Waals surface area contributed by atoms with E-state index in [1.807, 2.05) is 6.07 Å². The Bertz CT molecular complexity index is 1280. The van der Waals surface area contributed by atoms with Crippen molar-refractivity contribution in [2.24, 2.45) is 0 Å². The molecular weight excluding hydrogens is 474 g/mol. The van der Waals surface area contributed by atoms with Crippen molar-refractivity contribution in [1.29, 1.82) is 5.26 Å². The Morgan fingerprint density at radius 2 is 1.91 bits per heavy atom. The zero-order chi connectivity index (χ0) is 22.8. The van der Waals surface area contributed by atoms with Crippen LogP contribution in [0.2, 0.25) is 0 Å². The van der Waals surface area contributed by atoms with E-state index in [9.17, 15) is 14.7 Å². The number of nitrogens with zero attached hydrogens (tertiary/aromatic N) is 3. The molecule has 7 nitrogen and oxygen atoms in total. The summed E-state index contributed by atoms with van der Waals surface area (Å²) in [5.41, 5.74) is 1.52. The molecule has 158 valence electrons. The molecule has 1 unspecified atom stereocenters. The molecule has 2 heterocycles. The SMILES string of the molecule is COc1ccc(/C(O)=C2/C(=O)C(=O)N(c3ccc(C#N)cc3)C2c2ccccn2)cc1Br. The van der Waals surface area contributed by atoms with Gasteiger partial charge in [0.15, 0.2) is 0 Å². The summed E-state index contributed by atoms with van der Waals surface area (Å²) >= 11 is 3.37. The zero-order valence-electron chi connectivity index (χ0n) is 16.8. The number of anilines is 1. The number of rotatable bonds is 4. The average Bonchev–Trinajstić information content (AvgIpc) is 3.09. The van der Waals surface area contributed by atoms with Crippen molar-refractivity contribution in [3.05, 3.63) is 93.7 Å². The van der Waals surface area contributed by atoms with Gasteiger partial charge in [-0.25, -0.2) is 0 Å². The highest BCUT2D eigenvalue weighted by molar-refractivity contribution is 9.10. The number of aliphatic hydroxyl groups is 1. The molecule has 32 heavy (non-hydrogen) atoms. The number of hydrogen-bond donors (Lipinski definition) is 1. The number of hydrogen-bond acceptors (Lipinski definition) is 6. The second kappa shape index (κ2) is 8.65. The molecule has 0 bridgehead atoms. The van der Waals surface area contributed by atoms with Gasteiger partial charge in [0, 0.05) is 17.4 Å². The lowest BCUT2D eigenvalue weighted by Gasteiger charge is -2.24. The third-order valence-electron chi connectivity index (χ3n) is 5.11. The molecular formula is C24H16BrN3O4. The van der Waals surface area contributed by atoms with Gasteiger partial charge in [-0.15, -0.1) is 0 Å². The minimum absolute atomic E-state index is 0.0740. The number of aromatic nitrogens is 1. The van der Waals surface area contributed by atoms with Crippen molar-refractivity contribution in [2.75, 3.05) is 12.0 Å². The topological polar surface area (TPSA) is 104 Å².